The van der Waals surface area contributed by atoms with Crippen molar-refractivity contribution >= 4 is 22.9 Å². The van der Waals surface area contributed by atoms with Crippen LogP contribution >= 0.6 is 11.3 Å². The van der Waals surface area contributed by atoms with Gasteiger partial charge in [0.05, 0.1) is 12.1 Å². The summed E-state index contributed by atoms with van der Waals surface area (Å²) in [6.07, 6.45) is 4.98. The first-order valence-electron chi connectivity index (χ1n) is 10.1. The quantitative estimate of drug-likeness (QED) is 0.668. The maximum absolute atomic E-state index is 13.6. The second-order valence-electron chi connectivity index (χ2n) is 7.78. The fraction of sp³-hybridized carbons (Fsp3) is 0.500. The SMILES string of the molecule is CC(=O)NC(Cc1cc(F)cc(F)c1)C(O)CN(c1ccsc1)C1CCCCC1. The lowest BCUT2D eigenvalue weighted by Gasteiger charge is -2.38. The molecule has 1 fully saturated rings. The number of carbonyl (C=O) groups is 1. The van der Waals surface area contributed by atoms with Gasteiger partial charge in [0.25, 0.3) is 0 Å². The van der Waals surface area contributed by atoms with Crippen molar-refractivity contribution in [2.24, 2.45) is 0 Å². The van der Waals surface area contributed by atoms with Crippen molar-refractivity contribution in [3.8, 4) is 0 Å². The zero-order valence-corrected chi connectivity index (χ0v) is 17.4. The molecule has 0 aliphatic heterocycles. The van der Waals surface area contributed by atoms with E-state index in [4.69, 9.17) is 0 Å². The lowest BCUT2D eigenvalue weighted by Crippen LogP contribution is -2.51. The predicted octanol–water partition coefficient (Wildman–Crippen LogP) is 4.27. The normalized spacial score (nSPS) is 17.0. The Morgan fingerprint density at radius 3 is 2.52 bits per heavy atom. The largest absolute Gasteiger partial charge is 0.389 e. The molecule has 1 aromatic carbocycles. The molecule has 2 N–H and O–H groups in total. The van der Waals surface area contributed by atoms with Gasteiger partial charge >= 0.3 is 0 Å². The van der Waals surface area contributed by atoms with Crippen molar-refractivity contribution < 1.29 is 18.7 Å². The third-order valence-corrected chi connectivity index (χ3v) is 6.14. The number of nitrogens with one attached hydrogen (secondary N) is 1. The molecule has 0 saturated heterocycles. The summed E-state index contributed by atoms with van der Waals surface area (Å²) in [4.78, 5) is 13.9. The Labute approximate surface area is 174 Å². The first-order valence-corrected chi connectivity index (χ1v) is 11.1. The van der Waals surface area contributed by atoms with Crippen molar-refractivity contribution in [3.63, 3.8) is 0 Å². The number of rotatable bonds is 8. The number of anilines is 1. The Balaban J connectivity index is 1.77. The summed E-state index contributed by atoms with van der Waals surface area (Å²) >= 11 is 1.61. The first kappa shape index (κ1) is 21.7. The van der Waals surface area contributed by atoms with Crippen molar-refractivity contribution in [1.82, 2.24) is 5.32 Å². The van der Waals surface area contributed by atoms with Gasteiger partial charge in [-0.05, 0) is 48.4 Å². The van der Waals surface area contributed by atoms with Crippen LogP contribution in [0.5, 0.6) is 0 Å². The molecule has 4 nitrogen and oxygen atoms in total. The van der Waals surface area contributed by atoms with Crippen LogP contribution in [0.15, 0.2) is 35.0 Å². The van der Waals surface area contributed by atoms with E-state index in [9.17, 15) is 18.7 Å². The molecule has 29 heavy (non-hydrogen) atoms. The zero-order valence-electron chi connectivity index (χ0n) is 16.6. The zero-order chi connectivity index (χ0) is 20.8. The second kappa shape index (κ2) is 10.2. The second-order valence-corrected chi connectivity index (χ2v) is 8.56. The third-order valence-electron chi connectivity index (χ3n) is 5.47. The van der Waals surface area contributed by atoms with Gasteiger partial charge in [-0.3, -0.25) is 4.79 Å². The fourth-order valence-electron chi connectivity index (χ4n) is 4.13. The highest BCUT2D eigenvalue weighted by atomic mass is 32.1. The molecule has 3 rings (SSSR count). The van der Waals surface area contributed by atoms with Gasteiger partial charge in [-0.15, -0.1) is 0 Å². The van der Waals surface area contributed by atoms with Gasteiger partial charge in [0, 0.05) is 36.6 Å². The smallest absolute Gasteiger partial charge is 0.217 e. The molecule has 1 aromatic heterocycles. The monoisotopic (exact) mass is 422 g/mol. The summed E-state index contributed by atoms with van der Waals surface area (Å²) < 4.78 is 27.2. The predicted molar refractivity (Wildman–Crippen MR) is 112 cm³/mol. The molecule has 2 unspecified atom stereocenters. The van der Waals surface area contributed by atoms with E-state index in [1.807, 2.05) is 11.4 Å². The van der Waals surface area contributed by atoms with Gasteiger partial charge in [-0.2, -0.15) is 11.3 Å². The minimum Gasteiger partial charge on any atom is -0.389 e. The number of hydrogen-bond donors (Lipinski definition) is 2. The van der Waals surface area contributed by atoms with Gasteiger partial charge in [0.1, 0.15) is 11.6 Å². The van der Waals surface area contributed by atoms with Gasteiger partial charge in [0.2, 0.25) is 5.91 Å². The van der Waals surface area contributed by atoms with Gasteiger partial charge in [-0.25, -0.2) is 8.78 Å². The van der Waals surface area contributed by atoms with E-state index < -0.39 is 23.8 Å². The molecule has 0 spiro atoms. The van der Waals surface area contributed by atoms with Crippen LogP contribution in [0.2, 0.25) is 0 Å². The van der Waals surface area contributed by atoms with Gasteiger partial charge < -0.3 is 15.3 Å². The van der Waals surface area contributed by atoms with Crippen LogP contribution in [0.4, 0.5) is 14.5 Å². The Bertz CT molecular complexity index is 774. The van der Waals surface area contributed by atoms with E-state index in [2.05, 4.69) is 15.6 Å². The molecule has 1 amide bonds. The van der Waals surface area contributed by atoms with Crippen LogP contribution in [-0.2, 0) is 11.2 Å². The molecule has 0 radical (unpaired) electrons. The van der Waals surface area contributed by atoms with Crippen LogP contribution in [0.3, 0.4) is 0 Å². The van der Waals surface area contributed by atoms with E-state index in [-0.39, 0.29) is 12.3 Å². The van der Waals surface area contributed by atoms with Crippen molar-refractivity contribution in [3.05, 3.63) is 52.2 Å². The molecular weight excluding hydrogens is 394 g/mol. The topological polar surface area (TPSA) is 52.6 Å². The van der Waals surface area contributed by atoms with Crippen LogP contribution in [0.1, 0.15) is 44.6 Å². The Kier molecular flexibility index (Phi) is 7.61. The fourth-order valence-corrected chi connectivity index (χ4v) is 4.78. The maximum atomic E-state index is 13.6. The molecule has 1 heterocycles. The number of halogens is 2. The van der Waals surface area contributed by atoms with Crippen LogP contribution in [0.25, 0.3) is 0 Å². The van der Waals surface area contributed by atoms with Crippen LogP contribution in [0, 0.1) is 11.6 Å². The van der Waals surface area contributed by atoms with Crippen molar-refractivity contribution in [2.45, 2.75) is 63.6 Å². The Morgan fingerprint density at radius 1 is 1.24 bits per heavy atom. The number of amides is 1. The van der Waals surface area contributed by atoms with Gasteiger partial charge in [0.15, 0.2) is 0 Å². The summed E-state index contributed by atoms with van der Waals surface area (Å²) in [6, 6.07) is 5.04. The van der Waals surface area contributed by atoms with Crippen LogP contribution < -0.4 is 10.2 Å². The average molecular weight is 423 g/mol. The minimum absolute atomic E-state index is 0.150. The Hall–Kier alpha value is -1.99. The first-order chi connectivity index (χ1) is 13.9. The number of carbonyl (C=O) groups excluding carboxylic acids is 1. The average Bonchev–Trinajstić information content (AvgIpc) is 3.19. The summed E-state index contributed by atoms with van der Waals surface area (Å²) in [5.41, 5.74) is 1.47. The molecule has 158 valence electrons. The highest BCUT2D eigenvalue weighted by Gasteiger charge is 2.28. The number of benzene rings is 1. The Morgan fingerprint density at radius 2 is 1.93 bits per heavy atom. The molecule has 7 heteroatoms. The molecule has 1 saturated carbocycles. The highest BCUT2D eigenvalue weighted by molar-refractivity contribution is 7.08. The molecule has 1 aliphatic carbocycles. The number of nitrogens with zero attached hydrogens (tertiary/aromatic N) is 1. The number of aliphatic hydroxyl groups excluding tert-OH is 1. The minimum atomic E-state index is -0.882. The van der Waals surface area contributed by atoms with Crippen molar-refractivity contribution in [1.29, 1.82) is 0 Å². The lowest BCUT2D eigenvalue weighted by atomic mass is 9.93. The third kappa shape index (κ3) is 6.24. The van der Waals surface area contributed by atoms with Crippen LogP contribution in [-0.4, -0.2) is 35.7 Å². The molecule has 0 bridgehead atoms. The number of thiophene rings is 1. The number of hydrogen-bond acceptors (Lipinski definition) is 4. The summed E-state index contributed by atoms with van der Waals surface area (Å²) in [5, 5.41) is 17.9. The summed E-state index contributed by atoms with van der Waals surface area (Å²) in [7, 11) is 0. The summed E-state index contributed by atoms with van der Waals surface area (Å²) in [6.45, 7) is 1.73. The van der Waals surface area contributed by atoms with Crippen molar-refractivity contribution in [2.75, 3.05) is 11.4 Å². The standard InChI is InChI=1S/C22H28F2N2O2S/c1-15(27)25-21(11-16-9-17(23)12-18(24)10-16)22(28)13-26(20-7-8-29-14-20)19-5-3-2-4-6-19/h7-10,12,14,19,21-22,28H,2-6,11,13H2,1H3,(H,25,27). The maximum Gasteiger partial charge on any atom is 0.217 e. The van der Waals surface area contributed by atoms with E-state index in [1.165, 1.54) is 38.3 Å². The summed E-state index contributed by atoms with van der Waals surface area (Å²) in [5.74, 6) is -1.62. The molecule has 2 aromatic rings. The van der Waals surface area contributed by atoms with E-state index >= 15 is 0 Å². The molecule has 2 atom stereocenters. The van der Waals surface area contributed by atoms with Gasteiger partial charge in [-0.1, -0.05) is 19.3 Å². The molecule has 1 aliphatic rings. The van der Waals surface area contributed by atoms with E-state index in [1.54, 1.807) is 11.3 Å². The van der Waals surface area contributed by atoms with E-state index in [0.717, 1.165) is 24.6 Å². The molecular formula is C22H28F2N2O2S. The number of aliphatic hydroxyl groups is 1. The lowest BCUT2D eigenvalue weighted by molar-refractivity contribution is -0.120. The highest BCUT2D eigenvalue weighted by Crippen LogP contribution is 2.29. The van der Waals surface area contributed by atoms with E-state index in [0.29, 0.717) is 18.2 Å².